The Morgan fingerprint density at radius 2 is 1.63 bits per heavy atom. The highest BCUT2D eigenvalue weighted by molar-refractivity contribution is 6.06. The Labute approximate surface area is 196 Å². The molecule has 2 heterocycles. The first-order valence-electron chi connectivity index (χ1n) is 10.4. The molecule has 0 aliphatic heterocycles. The number of benzene rings is 3. The Bertz CT molecular complexity index is 1540. The number of nitrogens with zero attached hydrogens (tertiary/aromatic N) is 3. The molecule has 3 aromatic carbocycles. The molecule has 0 fully saturated rings. The molecule has 0 spiro atoms. The summed E-state index contributed by atoms with van der Waals surface area (Å²) in [6.45, 7) is 0. The minimum absolute atomic E-state index is 0.0915. The fourth-order valence-electron chi connectivity index (χ4n) is 3.77. The smallest absolute Gasteiger partial charge is 0.416 e. The summed E-state index contributed by atoms with van der Waals surface area (Å²) < 4.78 is 41.7. The Morgan fingerprint density at radius 3 is 2.31 bits per heavy atom. The topological polar surface area (TPSA) is 92.3 Å². The Balaban J connectivity index is 1.49. The van der Waals surface area contributed by atoms with E-state index in [9.17, 15) is 28.2 Å². The van der Waals surface area contributed by atoms with Gasteiger partial charge < -0.3 is 15.5 Å². The van der Waals surface area contributed by atoms with E-state index < -0.39 is 23.4 Å². The van der Waals surface area contributed by atoms with Crippen LogP contribution in [0.1, 0.15) is 15.9 Å². The maximum Gasteiger partial charge on any atom is 0.416 e. The molecule has 35 heavy (non-hydrogen) atoms. The first-order chi connectivity index (χ1) is 16.7. The molecule has 0 aliphatic rings. The van der Waals surface area contributed by atoms with Crippen molar-refractivity contribution in [2.24, 2.45) is 0 Å². The molecule has 0 aliphatic carbocycles. The van der Waals surface area contributed by atoms with Gasteiger partial charge in [0.05, 0.1) is 35.0 Å². The van der Waals surface area contributed by atoms with Gasteiger partial charge in [-0.3, -0.25) is 9.36 Å². The number of phenols is 2. The Morgan fingerprint density at radius 1 is 0.914 bits per heavy atom. The second-order valence-corrected chi connectivity index (χ2v) is 7.83. The summed E-state index contributed by atoms with van der Waals surface area (Å²) in [5.41, 5.74) is -0.324. The highest BCUT2D eigenvalue weighted by atomic mass is 19.4. The van der Waals surface area contributed by atoms with Gasteiger partial charge in [-0.1, -0.05) is 30.3 Å². The van der Waals surface area contributed by atoms with Crippen LogP contribution in [0.2, 0.25) is 0 Å². The molecule has 0 amide bonds. The molecule has 10 heteroatoms. The number of carbonyl (C=O) groups excluding carboxylic acids is 1. The first kappa shape index (κ1) is 22.1. The lowest BCUT2D eigenvalue weighted by molar-refractivity contribution is -0.137. The summed E-state index contributed by atoms with van der Waals surface area (Å²) in [6, 6.07) is 14.3. The normalized spacial score (nSPS) is 11.6. The molecule has 5 rings (SSSR count). The van der Waals surface area contributed by atoms with Crippen LogP contribution >= 0.6 is 0 Å². The van der Waals surface area contributed by atoms with Crippen LogP contribution in [-0.2, 0) is 6.18 Å². The number of rotatable bonds is 4. The molecule has 0 atom stereocenters. The highest BCUT2D eigenvalue weighted by Gasteiger charge is 2.30. The summed E-state index contributed by atoms with van der Waals surface area (Å²) in [7, 11) is 0. The van der Waals surface area contributed by atoms with Crippen molar-refractivity contribution in [2.75, 3.05) is 5.32 Å². The van der Waals surface area contributed by atoms with Crippen molar-refractivity contribution < 1.29 is 28.2 Å². The molecular formula is C25H17F3N4O3. The van der Waals surface area contributed by atoms with Crippen LogP contribution in [0.5, 0.6) is 11.5 Å². The standard InChI is InChI=1S/C25H17F3N4O3/c26-25(27,28)17-6-3-7-19(8-17)32-14-18(11-29-32)30-21-9-20(33)10-22(34)23(21)24(35)31-12-15-4-1-2-5-16(15)13-31/h1-14,30,33-34H. The van der Waals surface area contributed by atoms with Gasteiger partial charge in [-0.15, -0.1) is 0 Å². The lowest BCUT2D eigenvalue weighted by Gasteiger charge is -2.13. The monoisotopic (exact) mass is 478 g/mol. The molecule has 0 saturated heterocycles. The number of hydrogen-bond acceptors (Lipinski definition) is 5. The van der Waals surface area contributed by atoms with Crippen LogP contribution in [0.25, 0.3) is 16.5 Å². The SMILES string of the molecule is O=C(c1c(O)cc(O)cc1Nc1cnn(-c2cccc(C(F)(F)F)c2)c1)n1cc2ccccc2c1. The van der Waals surface area contributed by atoms with Gasteiger partial charge in [-0.25, -0.2) is 4.68 Å². The fourth-order valence-corrected chi connectivity index (χ4v) is 3.77. The number of aromatic nitrogens is 3. The largest absolute Gasteiger partial charge is 0.508 e. The number of fused-ring (bicyclic) bond motifs is 1. The Hall–Kier alpha value is -4.73. The zero-order valence-electron chi connectivity index (χ0n) is 17.9. The maximum absolute atomic E-state index is 13.3. The molecule has 3 N–H and O–H groups in total. The van der Waals surface area contributed by atoms with Crippen molar-refractivity contribution in [3.63, 3.8) is 0 Å². The van der Waals surface area contributed by atoms with Gasteiger partial charge in [0.1, 0.15) is 17.1 Å². The highest BCUT2D eigenvalue weighted by Crippen LogP contribution is 2.35. The lowest BCUT2D eigenvalue weighted by Crippen LogP contribution is -2.12. The number of aromatic hydroxyl groups is 2. The van der Waals surface area contributed by atoms with Crippen LogP contribution in [0, 0.1) is 0 Å². The van der Waals surface area contributed by atoms with Crippen molar-refractivity contribution in [1.82, 2.24) is 14.3 Å². The quantitative estimate of drug-likeness (QED) is 0.309. The average molecular weight is 478 g/mol. The van der Waals surface area contributed by atoms with Crippen molar-refractivity contribution in [3.05, 3.63) is 96.6 Å². The minimum Gasteiger partial charge on any atom is -0.508 e. The van der Waals surface area contributed by atoms with Gasteiger partial charge in [0.15, 0.2) is 0 Å². The molecule has 0 radical (unpaired) electrons. The van der Waals surface area contributed by atoms with Gasteiger partial charge in [0.25, 0.3) is 5.91 Å². The lowest BCUT2D eigenvalue weighted by atomic mass is 10.1. The number of nitrogens with one attached hydrogen (secondary N) is 1. The van der Waals surface area contributed by atoms with Crippen molar-refractivity contribution in [3.8, 4) is 17.2 Å². The second-order valence-electron chi connectivity index (χ2n) is 7.83. The summed E-state index contributed by atoms with van der Waals surface area (Å²) >= 11 is 0. The predicted molar refractivity (Wildman–Crippen MR) is 123 cm³/mol. The van der Waals surface area contributed by atoms with Crippen molar-refractivity contribution in [2.45, 2.75) is 6.18 Å². The molecular weight excluding hydrogens is 461 g/mol. The van der Waals surface area contributed by atoms with E-state index in [0.29, 0.717) is 5.69 Å². The van der Waals surface area contributed by atoms with Crippen molar-refractivity contribution in [1.29, 1.82) is 0 Å². The van der Waals surface area contributed by atoms with Gasteiger partial charge in [-0.05, 0) is 29.0 Å². The van der Waals surface area contributed by atoms with Gasteiger partial charge in [0, 0.05) is 24.5 Å². The third-order valence-electron chi connectivity index (χ3n) is 5.40. The number of hydrogen-bond donors (Lipinski definition) is 3. The number of phenolic OH excluding ortho intramolecular Hbond substituents is 2. The third-order valence-corrected chi connectivity index (χ3v) is 5.40. The number of halogens is 3. The number of anilines is 2. The van der Waals surface area contributed by atoms with E-state index in [-0.39, 0.29) is 22.7 Å². The average Bonchev–Trinajstić information content (AvgIpc) is 3.45. The number of carbonyl (C=O) groups is 1. The van der Waals surface area contributed by atoms with Crippen LogP contribution in [-0.4, -0.2) is 30.5 Å². The molecule has 5 aromatic rings. The molecule has 7 nitrogen and oxygen atoms in total. The van der Waals surface area contributed by atoms with Crippen LogP contribution < -0.4 is 5.32 Å². The van der Waals surface area contributed by atoms with E-state index in [1.165, 1.54) is 39.8 Å². The predicted octanol–water partition coefficient (Wildman–Crippen LogP) is 5.69. The zero-order valence-corrected chi connectivity index (χ0v) is 17.9. The van der Waals surface area contributed by atoms with Gasteiger partial charge in [0.2, 0.25) is 0 Å². The minimum atomic E-state index is -4.50. The zero-order chi connectivity index (χ0) is 24.7. The summed E-state index contributed by atoms with van der Waals surface area (Å²) in [5.74, 6) is -1.28. The van der Waals surface area contributed by atoms with E-state index in [0.717, 1.165) is 29.0 Å². The van der Waals surface area contributed by atoms with Gasteiger partial charge >= 0.3 is 6.18 Å². The molecule has 0 saturated carbocycles. The van der Waals surface area contributed by atoms with E-state index in [1.807, 2.05) is 24.3 Å². The maximum atomic E-state index is 13.3. The first-order valence-corrected chi connectivity index (χ1v) is 10.4. The van der Waals surface area contributed by atoms with Crippen molar-refractivity contribution >= 4 is 28.1 Å². The number of alkyl halides is 3. The fraction of sp³-hybridized carbons (Fsp3) is 0.0400. The third kappa shape index (κ3) is 4.29. The molecule has 2 aromatic heterocycles. The van der Waals surface area contributed by atoms with E-state index in [2.05, 4.69) is 10.4 Å². The molecule has 176 valence electrons. The summed E-state index contributed by atoms with van der Waals surface area (Å²) in [6.07, 6.45) is 1.52. The Kier molecular flexibility index (Phi) is 5.20. The summed E-state index contributed by atoms with van der Waals surface area (Å²) in [5, 5.41) is 29.1. The van der Waals surface area contributed by atoms with Crippen LogP contribution in [0.3, 0.4) is 0 Å². The van der Waals surface area contributed by atoms with E-state index >= 15 is 0 Å². The molecule has 0 bridgehead atoms. The van der Waals surface area contributed by atoms with E-state index in [4.69, 9.17) is 0 Å². The van der Waals surface area contributed by atoms with Crippen LogP contribution in [0.15, 0.2) is 85.5 Å². The van der Waals surface area contributed by atoms with E-state index in [1.54, 1.807) is 12.4 Å². The van der Waals surface area contributed by atoms with Crippen LogP contribution in [0.4, 0.5) is 24.5 Å². The summed E-state index contributed by atoms with van der Waals surface area (Å²) in [4.78, 5) is 13.3. The van der Waals surface area contributed by atoms with Gasteiger partial charge in [-0.2, -0.15) is 18.3 Å². The second kappa shape index (κ2) is 8.24. The molecule has 0 unspecified atom stereocenters.